The van der Waals surface area contributed by atoms with Crippen LogP contribution < -0.4 is 0 Å². The Morgan fingerprint density at radius 1 is 0.850 bits per heavy atom. The number of rotatable bonds is 0. The second kappa shape index (κ2) is 2.88. The lowest BCUT2D eigenvalue weighted by Crippen LogP contribution is -2.38. The minimum Gasteiger partial charge on any atom is -0.294 e. The SMILES string of the molecule is O=C1C=CC(=O)[C@H]2[C@@H]1[C@H]1C[C@H]2C2=C1[C@H]1CC[C@H]2C12CC2. The molecule has 1 spiro atoms. The van der Waals surface area contributed by atoms with E-state index in [0.717, 1.165) is 18.3 Å². The first-order valence-corrected chi connectivity index (χ1v) is 8.22. The molecule has 6 aliphatic carbocycles. The molecule has 4 bridgehead atoms. The molecule has 0 N–H and O–H groups in total. The summed E-state index contributed by atoms with van der Waals surface area (Å²) in [6.07, 6.45) is 9.77. The zero-order chi connectivity index (χ0) is 13.2. The standard InChI is InChI=1S/C18H18O2/c19-12-3-4-13(20)17-9-7-8(16(12)17)14-10-1-2-11(15(9)14)18(10)5-6-18/h3-4,8-11,16-17H,1-2,5-7H2/t8-,9-,10+,11+,16-,17+/m0/s1. The molecule has 0 radical (unpaired) electrons. The Bertz CT molecular complexity index is 598. The predicted octanol–water partition coefficient (Wildman–Crippen LogP) is 2.69. The summed E-state index contributed by atoms with van der Waals surface area (Å²) in [5.74, 6) is 2.99. The van der Waals surface area contributed by atoms with Gasteiger partial charge >= 0.3 is 0 Å². The molecule has 102 valence electrons. The highest BCUT2D eigenvalue weighted by Crippen LogP contribution is 2.79. The largest absolute Gasteiger partial charge is 0.294 e. The lowest BCUT2D eigenvalue weighted by atomic mass is 9.67. The van der Waals surface area contributed by atoms with Gasteiger partial charge in [-0.3, -0.25) is 9.59 Å². The fourth-order valence-corrected chi connectivity index (χ4v) is 7.12. The zero-order valence-electron chi connectivity index (χ0n) is 11.5. The maximum Gasteiger partial charge on any atom is 0.160 e. The first kappa shape index (κ1) is 10.5. The van der Waals surface area contributed by atoms with Crippen molar-refractivity contribution in [3.8, 4) is 0 Å². The molecule has 0 aromatic carbocycles. The summed E-state index contributed by atoms with van der Waals surface area (Å²) in [6, 6.07) is 0. The average molecular weight is 266 g/mol. The summed E-state index contributed by atoms with van der Waals surface area (Å²) in [4.78, 5) is 24.6. The second-order valence-corrected chi connectivity index (χ2v) is 7.96. The molecular formula is C18H18O2. The van der Waals surface area contributed by atoms with Crippen LogP contribution >= 0.6 is 0 Å². The summed E-state index contributed by atoms with van der Waals surface area (Å²) in [5, 5.41) is 0. The van der Waals surface area contributed by atoms with Crippen molar-refractivity contribution in [1.82, 2.24) is 0 Å². The molecule has 6 aliphatic rings. The Labute approximate surface area is 118 Å². The van der Waals surface area contributed by atoms with Crippen LogP contribution in [-0.2, 0) is 9.59 Å². The van der Waals surface area contributed by atoms with Gasteiger partial charge in [0.15, 0.2) is 11.6 Å². The van der Waals surface area contributed by atoms with Crippen LogP contribution in [0.3, 0.4) is 0 Å². The number of carbonyl (C=O) groups excluding carboxylic acids is 2. The Morgan fingerprint density at radius 3 is 1.80 bits per heavy atom. The van der Waals surface area contributed by atoms with E-state index >= 15 is 0 Å². The maximum atomic E-state index is 12.3. The molecule has 6 rings (SSSR count). The van der Waals surface area contributed by atoms with Crippen LogP contribution in [0.25, 0.3) is 0 Å². The van der Waals surface area contributed by atoms with Gasteiger partial charge in [0.25, 0.3) is 0 Å². The van der Waals surface area contributed by atoms with E-state index in [-0.39, 0.29) is 23.4 Å². The molecule has 0 aromatic heterocycles. The van der Waals surface area contributed by atoms with Crippen molar-refractivity contribution in [2.45, 2.75) is 32.1 Å². The van der Waals surface area contributed by atoms with Crippen LogP contribution in [0, 0.1) is 40.9 Å². The normalized spacial score (nSPS) is 52.2. The van der Waals surface area contributed by atoms with Gasteiger partial charge in [0.2, 0.25) is 0 Å². The fourth-order valence-electron chi connectivity index (χ4n) is 7.12. The van der Waals surface area contributed by atoms with Crippen LogP contribution in [-0.4, -0.2) is 11.6 Å². The number of hydrogen-bond acceptors (Lipinski definition) is 2. The van der Waals surface area contributed by atoms with E-state index < -0.39 is 0 Å². The van der Waals surface area contributed by atoms with Crippen LogP contribution in [0.4, 0.5) is 0 Å². The average Bonchev–Trinajstić information content (AvgIpc) is 2.77. The minimum atomic E-state index is 0.0198. The van der Waals surface area contributed by atoms with Gasteiger partial charge in [-0.05, 0) is 73.3 Å². The fraction of sp³-hybridized carbons (Fsp3) is 0.667. The molecule has 3 fully saturated rings. The number of carbonyl (C=O) groups is 2. The van der Waals surface area contributed by atoms with Gasteiger partial charge in [-0.25, -0.2) is 0 Å². The summed E-state index contributed by atoms with van der Waals surface area (Å²) in [5.41, 5.74) is 4.01. The quantitative estimate of drug-likeness (QED) is 0.632. The summed E-state index contributed by atoms with van der Waals surface area (Å²) < 4.78 is 0. The van der Waals surface area contributed by atoms with E-state index in [4.69, 9.17) is 0 Å². The third-order valence-corrected chi connectivity index (χ3v) is 7.67. The molecule has 20 heavy (non-hydrogen) atoms. The molecule has 0 aliphatic heterocycles. The predicted molar refractivity (Wildman–Crippen MR) is 72.6 cm³/mol. The third kappa shape index (κ3) is 0.864. The van der Waals surface area contributed by atoms with Gasteiger partial charge in [0.1, 0.15) is 0 Å². The Morgan fingerprint density at radius 2 is 1.35 bits per heavy atom. The molecule has 6 atom stereocenters. The third-order valence-electron chi connectivity index (χ3n) is 7.67. The van der Waals surface area contributed by atoms with Crippen molar-refractivity contribution in [1.29, 1.82) is 0 Å². The van der Waals surface area contributed by atoms with Gasteiger partial charge in [0, 0.05) is 11.8 Å². The number of fused-ring (bicyclic) bond motifs is 9. The van der Waals surface area contributed by atoms with Crippen molar-refractivity contribution >= 4 is 11.6 Å². The van der Waals surface area contributed by atoms with Gasteiger partial charge < -0.3 is 0 Å². The van der Waals surface area contributed by atoms with Gasteiger partial charge in [0.05, 0.1) is 0 Å². The van der Waals surface area contributed by atoms with Crippen LogP contribution in [0.15, 0.2) is 23.3 Å². The lowest BCUT2D eigenvalue weighted by molar-refractivity contribution is -0.129. The molecule has 0 unspecified atom stereocenters. The van der Waals surface area contributed by atoms with E-state index in [1.807, 2.05) is 0 Å². The van der Waals surface area contributed by atoms with Crippen molar-refractivity contribution in [2.24, 2.45) is 40.9 Å². The summed E-state index contributed by atoms with van der Waals surface area (Å²) in [6.45, 7) is 0. The maximum absolute atomic E-state index is 12.3. The summed E-state index contributed by atoms with van der Waals surface area (Å²) >= 11 is 0. The van der Waals surface area contributed by atoms with Crippen molar-refractivity contribution < 1.29 is 9.59 Å². The highest BCUT2D eigenvalue weighted by Gasteiger charge is 2.71. The molecule has 0 aromatic rings. The van der Waals surface area contributed by atoms with Crippen LogP contribution in [0.2, 0.25) is 0 Å². The van der Waals surface area contributed by atoms with Crippen LogP contribution in [0.1, 0.15) is 32.1 Å². The number of hydrogen-bond donors (Lipinski definition) is 0. The molecule has 3 saturated carbocycles. The second-order valence-electron chi connectivity index (χ2n) is 7.96. The molecule has 0 amide bonds. The molecular weight excluding hydrogens is 248 g/mol. The Balaban J connectivity index is 1.54. The van der Waals surface area contributed by atoms with Crippen molar-refractivity contribution in [3.05, 3.63) is 23.3 Å². The highest BCUT2D eigenvalue weighted by atomic mass is 16.1. The van der Waals surface area contributed by atoms with E-state index in [0.29, 0.717) is 17.3 Å². The molecule has 0 heterocycles. The monoisotopic (exact) mass is 266 g/mol. The van der Waals surface area contributed by atoms with Gasteiger partial charge in [-0.1, -0.05) is 11.1 Å². The minimum absolute atomic E-state index is 0.0198. The lowest BCUT2D eigenvalue weighted by Gasteiger charge is -2.35. The number of ketones is 2. The smallest absolute Gasteiger partial charge is 0.160 e. The van der Waals surface area contributed by atoms with E-state index in [2.05, 4.69) is 0 Å². The zero-order valence-corrected chi connectivity index (χ0v) is 11.5. The Kier molecular flexibility index (Phi) is 1.52. The number of allylic oxidation sites excluding steroid dienone is 4. The van der Waals surface area contributed by atoms with E-state index in [1.54, 1.807) is 23.3 Å². The van der Waals surface area contributed by atoms with Crippen molar-refractivity contribution in [2.75, 3.05) is 0 Å². The molecule has 2 heteroatoms. The molecule has 2 nitrogen and oxygen atoms in total. The van der Waals surface area contributed by atoms with Crippen molar-refractivity contribution in [3.63, 3.8) is 0 Å². The van der Waals surface area contributed by atoms with Gasteiger partial charge in [-0.15, -0.1) is 0 Å². The Hall–Kier alpha value is -1.18. The first-order chi connectivity index (χ1) is 9.72. The summed E-state index contributed by atoms with van der Waals surface area (Å²) in [7, 11) is 0. The van der Waals surface area contributed by atoms with E-state index in [9.17, 15) is 9.59 Å². The van der Waals surface area contributed by atoms with Crippen LogP contribution in [0.5, 0.6) is 0 Å². The highest BCUT2D eigenvalue weighted by molar-refractivity contribution is 6.08. The first-order valence-electron chi connectivity index (χ1n) is 8.22. The van der Waals surface area contributed by atoms with E-state index in [1.165, 1.54) is 25.7 Å². The molecule has 0 saturated heterocycles. The van der Waals surface area contributed by atoms with Gasteiger partial charge in [-0.2, -0.15) is 0 Å². The topological polar surface area (TPSA) is 34.1 Å².